The highest BCUT2D eigenvalue weighted by atomic mass is 19.4. The molecule has 0 fully saturated rings. The monoisotopic (exact) mass is 450 g/mol. The normalized spacial score (nSPS) is 12.0. The third-order valence-electron chi connectivity index (χ3n) is 4.60. The minimum Gasteiger partial charge on any atom is -0.482 e. The zero-order valence-corrected chi connectivity index (χ0v) is 17.8. The molecule has 3 rings (SSSR count). The Kier molecular flexibility index (Phi) is 6.20. The summed E-state index contributed by atoms with van der Waals surface area (Å²) >= 11 is 0. The Morgan fingerprint density at radius 1 is 1.00 bits per heavy atom. The van der Waals surface area contributed by atoms with E-state index in [1.54, 1.807) is 12.1 Å². The van der Waals surface area contributed by atoms with Crippen molar-refractivity contribution in [2.45, 2.75) is 32.4 Å². The number of halogens is 3. The van der Waals surface area contributed by atoms with Crippen LogP contribution < -0.4 is 14.9 Å². The summed E-state index contributed by atoms with van der Waals surface area (Å²) in [6, 6.07) is 10.1. The molecule has 0 aliphatic rings. The number of benzene rings is 2. The van der Waals surface area contributed by atoms with Gasteiger partial charge in [-0.25, -0.2) is 4.79 Å². The quantitative estimate of drug-likeness (QED) is 0.481. The molecule has 3 aromatic rings. The highest BCUT2D eigenvalue weighted by Gasteiger charge is 2.40. The minimum atomic E-state index is -4.99. The first-order valence-electron chi connectivity index (χ1n) is 9.56. The van der Waals surface area contributed by atoms with E-state index in [1.165, 1.54) is 31.4 Å². The van der Waals surface area contributed by atoms with Gasteiger partial charge in [0.15, 0.2) is 6.61 Å². The number of fused-ring (bicyclic) bond motifs is 1. The van der Waals surface area contributed by atoms with Crippen molar-refractivity contribution in [3.05, 3.63) is 64.0 Å². The van der Waals surface area contributed by atoms with E-state index in [0.717, 1.165) is 11.6 Å². The highest BCUT2D eigenvalue weighted by Crippen LogP contribution is 2.39. The Hall–Kier alpha value is -3.49. The van der Waals surface area contributed by atoms with Crippen molar-refractivity contribution in [1.29, 1.82) is 0 Å². The smallest absolute Gasteiger partial charge is 0.453 e. The van der Waals surface area contributed by atoms with Crippen molar-refractivity contribution >= 4 is 16.9 Å². The standard InChI is InChI=1S/C23H21F3O6/c1-22(2,3)13-5-7-14(8-6-13)31-20-19(28)16-10-9-15(30-12-18(27)29-4)11-17(16)32-21(20)23(24,25)26/h5-11H,12H2,1-4H3. The Balaban J connectivity index is 2.04. The molecule has 0 atom stereocenters. The van der Waals surface area contributed by atoms with Crippen LogP contribution >= 0.6 is 0 Å². The summed E-state index contributed by atoms with van der Waals surface area (Å²) in [5.41, 5.74) is -0.560. The molecule has 0 saturated heterocycles. The number of rotatable bonds is 5. The molecule has 6 nitrogen and oxygen atoms in total. The van der Waals surface area contributed by atoms with E-state index in [9.17, 15) is 22.8 Å². The van der Waals surface area contributed by atoms with E-state index >= 15 is 0 Å². The lowest BCUT2D eigenvalue weighted by molar-refractivity contribution is -0.154. The van der Waals surface area contributed by atoms with Crippen LogP contribution in [-0.4, -0.2) is 19.7 Å². The molecule has 0 bridgehead atoms. The van der Waals surface area contributed by atoms with Gasteiger partial charge in [0.1, 0.15) is 17.1 Å². The summed E-state index contributed by atoms with van der Waals surface area (Å²) in [6.07, 6.45) is -4.99. The van der Waals surface area contributed by atoms with Crippen LogP contribution in [0.25, 0.3) is 11.0 Å². The van der Waals surface area contributed by atoms with Gasteiger partial charge >= 0.3 is 12.1 Å². The number of carbonyl (C=O) groups excluding carboxylic acids is 1. The highest BCUT2D eigenvalue weighted by molar-refractivity contribution is 5.80. The number of hydrogen-bond acceptors (Lipinski definition) is 6. The zero-order valence-electron chi connectivity index (χ0n) is 17.8. The van der Waals surface area contributed by atoms with Gasteiger partial charge < -0.3 is 18.6 Å². The Bertz CT molecular complexity index is 1190. The van der Waals surface area contributed by atoms with E-state index in [-0.39, 0.29) is 27.9 Å². The van der Waals surface area contributed by atoms with Gasteiger partial charge in [0.2, 0.25) is 11.2 Å². The molecule has 0 saturated carbocycles. The lowest BCUT2D eigenvalue weighted by Gasteiger charge is -2.19. The summed E-state index contributed by atoms with van der Waals surface area (Å²) < 4.78 is 61.0. The maximum atomic E-state index is 13.7. The summed E-state index contributed by atoms with van der Waals surface area (Å²) in [7, 11) is 1.17. The topological polar surface area (TPSA) is 75.0 Å². The zero-order chi connectivity index (χ0) is 23.7. The van der Waals surface area contributed by atoms with Crippen LogP contribution in [0, 0.1) is 0 Å². The molecule has 0 radical (unpaired) electrons. The molecule has 0 amide bonds. The van der Waals surface area contributed by atoms with Crippen LogP contribution in [0.1, 0.15) is 32.1 Å². The number of esters is 1. The summed E-state index contributed by atoms with van der Waals surface area (Å²) in [5, 5.41) is -0.135. The third kappa shape index (κ3) is 5.04. The number of ether oxygens (including phenoxy) is 3. The van der Waals surface area contributed by atoms with Crippen molar-refractivity contribution in [2.75, 3.05) is 13.7 Å². The molecule has 170 valence electrons. The lowest BCUT2D eigenvalue weighted by Crippen LogP contribution is -2.16. The first-order valence-corrected chi connectivity index (χ1v) is 9.56. The molecule has 9 heteroatoms. The molecular formula is C23H21F3O6. The SMILES string of the molecule is COC(=O)COc1ccc2c(=O)c(Oc3ccc(C(C)(C)C)cc3)c(C(F)(F)F)oc2c1. The largest absolute Gasteiger partial charge is 0.482 e. The van der Waals surface area contributed by atoms with Gasteiger partial charge in [-0.05, 0) is 35.2 Å². The maximum absolute atomic E-state index is 13.7. The average Bonchev–Trinajstić information content (AvgIpc) is 2.72. The second kappa shape index (κ2) is 8.57. The van der Waals surface area contributed by atoms with Crippen LogP contribution in [0.15, 0.2) is 51.7 Å². The maximum Gasteiger partial charge on any atom is 0.453 e. The summed E-state index contributed by atoms with van der Waals surface area (Å²) in [6.45, 7) is 5.52. The van der Waals surface area contributed by atoms with Gasteiger partial charge in [-0.1, -0.05) is 32.9 Å². The van der Waals surface area contributed by atoms with Gasteiger partial charge in [0, 0.05) is 6.07 Å². The molecule has 0 aliphatic heterocycles. The van der Waals surface area contributed by atoms with Crippen LogP contribution in [-0.2, 0) is 21.1 Å². The predicted molar refractivity (Wildman–Crippen MR) is 110 cm³/mol. The van der Waals surface area contributed by atoms with Crippen LogP contribution in [0.5, 0.6) is 17.2 Å². The van der Waals surface area contributed by atoms with Crippen molar-refractivity contribution < 1.29 is 36.6 Å². The number of hydrogen-bond donors (Lipinski definition) is 0. The molecule has 2 aromatic carbocycles. The fourth-order valence-electron chi connectivity index (χ4n) is 2.87. The molecule has 1 aromatic heterocycles. The first kappa shape index (κ1) is 23.2. The number of methoxy groups -OCH3 is 1. The van der Waals surface area contributed by atoms with Crippen LogP contribution in [0.3, 0.4) is 0 Å². The van der Waals surface area contributed by atoms with E-state index in [2.05, 4.69) is 4.74 Å². The molecule has 0 aliphatic carbocycles. The first-order chi connectivity index (χ1) is 14.9. The van der Waals surface area contributed by atoms with Crippen molar-refractivity contribution in [2.24, 2.45) is 0 Å². The molecule has 0 unspecified atom stereocenters. The van der Waals surface area contributed by atoms with E-state index < -0.39 is 35.7 Å². The Labute approximate surface area is 181 Å². The van der Waals surface area contributed by atoms with Gasteiger partial charge in [0.05, 0.1) is 12.5 Å². The molecule has 32 heavy (non-hydrogen) atoms. The van der Waals surface area contributed by atoms with E-state index in [1.807, 2.05) is 20.8 Å². The van der Waals surface area contributed by atoms with Gasteiger partial charge in [0.25, 0.3) is 5.76 Å². The lowest BCUT2D eigenvalue weighted by atomic mass is 9.87. The van der Waals surface area contributed by atoms with E-state index in [4.69, 9.17) is 13.9 Å². The van der Waals surface area contributed by atoms with Gasteiger partial charge in [-0.2, -0.15) is 13.2 Å². The van der Waals surface area contributed by atoms with Crippen LogP contribution in [0.4, 0.5) is 13.2 Å². The number of carbonyl (C=O) groups is 1. The van der Waals surface area contributed by atoms with Crippen molar-refractivity contribution in [3.63, 3.8) is 0 Å². The Morgan fingerprint density at radius 3 is 2.19 bits per heavy atom. The second-order valence-corrected chi connectivity index (χ2v) is 7.99. The van der Waals surface area contributed by atoms with E-state index in [0.29, 0.717) is 0 Å². The van der Waals surface area contributed by atoms with Gasteiger partial charge in [-0.3, -0.25) is 4.79 Å². The predicted octanol–water partition coefficient (Wildman–Crippen LogP) is 5.45. The fraction of sp³-hybridized carbons (Fsp3) is 0.304. The minimum absolute atomic E-state index is 0.0330. The summed E-state index contributed by atoms with van der Waals surface area (Å²) in [5.74, 6) is -3.11. The number of alkyl halides is 3. The Morgan fingerprint density at radius 2 is 1.62 bits per heavy atom. The molecule has 1 heterocycles. The van der Waals surface area contributed by atoms with Crippen molar-refractivity contribution in [3.8, 4) is 17.2 Å². The summed E-state index contributed by atoms with van der Waals surface area (Å²) in [4.78, 5) is 24.0. The van der Waals surface area contributed by atoms with Crippen LogP contribution in [0.2, 0.25) is 0 Å². The van der Waals surface area contributed by atoms with Gasteiger partial charge in [-0.15, -0.1) is 0 Å². The molecule has 0 spiro atoms. The molecule has 0 N–H and O–H groups in total. The molecular weight excluding hydrogens is 429 g/mol. The van der Waals surface area contributed by atoms with Crippen molar-refractivity contribution in [1.82, 2.24) is 0 Å². The fourth-order valence-corrected chi connectivity index (χ4v) is 2.87. The average molecular weight is 450 g/mol. The second-order valence-electron chi connectivity index (χ2n) is 7.99. The third-order valence-corrected chi connectivity index (χ3v) is 4.60.